The molecule has 0 aromatic heterocycles. The molecule has 0 saturated heterocycles. The molecule has 1 unspecified atom stereocenters. The summed E-state index contributed by atoms with van der Waals surface area (Å²) in [7, 11) is 0. The highest BCUT2D eigenvalue weighted by Crippen LogP contribution is 2.34. The average molecular weight is 459 g/mol. The molecule has 3 aromatic rings. The fraction of sp³-hybridized carbons (Fsp3) is 0.208. The molecule has 1 heterocycles. The van der Waals surface area contributed by atoms with Crippen molar-refractivity contribution in [1.82, 2.24) is 0 Å². The zero-order valence-corrected chi connectivity index (χ0v) is 17.9. The molecule has 1 aliphatic rings. The number of rotatable bonds is 6. The molecule has 4 rings (SSSR count). The summed E-state index contributed by atoms with van der Waals surface area (Å²) in [6.45, 7) is 1.59. The maximum Gasteiger partial charge on any atom is 0.416 e. The summed E-state index contributed by atoms with van der Waals surface area (Å²) in [6.07, 6.45) is -4.34. The Morgan fingerprint density at radius 2 is 1.47 bits per heavy atom. The van der Waals surface area contributed by atoms with Gasteiger partial charge >= 0.3 is 6.18 Å². The number of aliphatic hydroxyl groups excluding tert-OH is 1. The van der Waals surface area contributed by atoms with Crippen LogP contribution in [0.2, 0.25) is 0 Å². The molecule has 3 aromatic carbocycles. The van der Waals surface area contributed by atoms with Crippen molar-refractivity contribution in [3.05, 3.63) is 78.4 Å². The van der Waals surface area contributed by atoms with Crippen LogP contribution in [0.4, 0.5) is 13.2 Å². The van der Waals surface area contributed by atoms with E-state index in [0.717, 1.165) is 33.1 Å². The lowest BCUT2D eigenvalue weighted by atomic mass is 10.0. The minimum Gasteiger partial charge on any atom is -0.475 e. The Morgan fingerprint density at radius 3 is 1.94 bits per heavy atom. The van der Waals surface area contributed by atoms with Gasteiger partial charge in [0, 0.05) is 16.7 Å². The first-order chi connectivity index (χ1) is 15.3. The number of hydrogen-bond donors (Lipinski definition) is 1. The van der Waals surface area contributed by atoms with E-state index in [2.05, 4.69) is 4.99 Å². The Labute approximate surface area is 187 Å². The van der Waals surface area contributed by atoms with E-state index in [9.17, 15) is 18.3 Å². The second-order valence-electron chi connectivity index (χ2n) is 7.30. The minimum atomic E-state index is -4.34. The summed E-state index contributed by atoms with van der Waals surface area (Å²) in [6, 6.07) is 20.2. The second-order valence-corrected chi connectivity index (χ2v) is 8.45. The lowest BCUT2D eigenvalue weighted by Crippen LogP contribution is -2.39. The van der Waals surface area contributed by atoms with Crippen LogP contribution in [0.25, 0.3) is 11.1 Å². The third-order valence-corrected chi connectivity index (χ3v) is 5.90. The summed E-state index contributed by atoms with van der Waals surface area (Å²) >= 11 is 1.55. The van der Waals surface area contributed by atoms with Crippen molar-refractivity contribution in [2.45, 2.75) is 28.6 Å². The molecule has 0 aliphatic carbocycles. The third-order valence-electron chi connectivity index (χ3n) is 4.88. The molecule has 8 heteroatoms. The van der Waals surface area contributed by atoms with Gasteiger partial charge in [0.15, 0.2) is 12.5 Å². The molecule has 166 valence electrons. The third kappa shape index (κ3) is 5.08. The maximum absolute atomic E-state index is 12.7. The van der Waals surface area contributed by atoms with Crippen LogP contribution in [0.1, 0.15) is 12.5 Å². The van der Waals surface area contributed by atoms with E-state index in [0.29, 0.717) is 11.6 Å². The van der Waals surface area contributed by atoms with Crippen LogP contribution >= 0.6 is 11.8 Å². The van der Waals surface area contributed by atoms with Gasteiger partial charge in [0.2, 0.25) is 0 Å². The largest absolute Gasteiger partial charge is 0.475 e. The average Bonchev–Trinajstić information content (AvgIpc) is 3.16. The predicted octanol–water partition coefficient (Wildman–Crippen LogP) is 6.04. The van der Waals surface area contributed by atoms with Crippen molar-refractivity contribution in [3.63, 3.8) is 0 Å². The van der Waals surface area contributed by atoms with Gasteiger partial charge in [-0.05, 0) is 59.7 Å². The Hall–Kier alpha value is -2.97. The monoisotopic (exact) mass is 459 g/mol. The van der Waals surface area contributed by atoms with Crippen LogP contribution in [0, 0.1) is 0 Å². The zero-order chi connectivity index (χ0) is 22.8. The highest BCUT2D eigenvalue weighted by atomic mass is 32.2. The van der Waals surface area contributed by atoms with E-state index in [4.69, 9.17) is 9.47 Å². The molecule has 32 heavy (non-hydrogen) atoms. The van der Waals surface area contributed by atoms with Gasteiger partial charge in [0.1, 0.15) is 12.4 Å². The first-order valence-electron chi connectivity index (χ1n) is 9.81. The number of aliphatic hydroxyl groups is 1. The normalized spacial score (nSPS) is 18.2. The van der Waals surface area contributed by atoms with Gasteiger partial charge < -0.3 is 14.6 Å². The molecule has 0 radical (unpaired) electrons. The van der Waals surface area contributed by atoms with Crippen molar-refractivity contribution in [1.29, 1.82) is 0 Å². The molecule has 0 fully saturated rings. The molecule has 1 atom stereocenters. The van der Waals surface area contributed by atoms with Gasteiger partial charge in [-0.25, -0.2) is 4.99 Å². The Balaban J connectivity index is 1.40. The van der Waals surface area contributed by atoms with Crippen LogP contribution < -0.4 is 4.74 Å². The molecule has 1 aliphatic heterocycles. The predicted molar refractivity (Wildman–Crippen MR) is 117 cm³/mol. The molecule has 0 saturated carbocycles. The van der Waals surface area contributed by atoms with E-state index in [1.54, 1.807) is 30.8 Å². The molecule has 1 N–H and O–H groups in total. The second kappa shape index (κ2) is 8.88. The maximum atomic E-state index is 12.7. The van der Waals surface area contributed by atoms with Gasteiger partial charge in [-0.3, -0.25) is 0 Å². The smallest absolute Gasteiger partial charge is 0.416 e. The van der Waals surface area contributed by atoms with Gasteiger partial charge in [0.25, 0.3) is 5.72 Å². The van der Waals surface area contributed by atoms with E-state index < -0.39 is 17.5 Å². The van der Waals surface area contributed by atoms with Crippen molar-refractivity contribution in [2.75, 3.05) is 13.2 Å². The lowest BCUT2D eigenvalue weighted by molar-refractivity contribution is -0.137. The number of halogens is 3. The fourth-order valence-electron chi connectivity index (χ4n) is 3.23. The molecule has 0 bridgehead atoms. The number of ether oxygens (including phenoxy) is 2. The van der Waals surface area contributed by atoms with E-state index in [-0.39, 0.29) is 13.2 Å². The number of benzene rings is 3. The molecular formula is C24H20F3NO3S. The zero-order valence-electron chi connectivity index (χ0n) is 17.1. The molecular weight excluding hydrogens is 439 g/mol. The van der Waals surface area contributed by atoms with Gasteiger partial charge in [-0.15, -0.1) is 0 Å². The lowest BCUT2D eigenvalue weighted by Gasteiger charge is -2.23. The standard InChI is InChI=1S/C24H20F3NO3S/c1-16-28-23(14-29,15-30-16)31-20-8-12-22(13-9-20)32-21-10-4-18(5-11-21)17-2-6-19(7-3-17)24(25,26)27/h2-13,29H,14-15H2,1H3. The minimum absolute atomic E-state index is 0.164. The van der Waals surface area contributed by atoms with Crippen molar-refractivity contribution in [2.24, 2.45) is 4.99 Å². The summed E-state index contributed by atoms with van der Waals surface area (Å²) in [5.74, 6) is 1.05. The van der Waals surface area contributed by atoms with E-state index >= 15 is 0 Å². The SMILES string of the molecule is CC1=NC(CO)(Oc2ccc(Sc3ccc(-c4ccc(C(F)(F)F)cc4)cc3)cc2)CO1. The first kappa shape index (κ1) is 22.2. The summed E-state index contributed by atoms with van der Waals surface area (Å²) in [5, 5.41) is 9.63. The fourth-order valence-corrected chi connectivity index (χ4v) is 4.05. The molecule has 0 spiro atoms. The van der Waals surface area contributed by atoms with Crippen LogP contribution in [-0.2, 0) is 10.9 Å². The highest BCUT2D eigenvalue weighted by Gasteiger charge is 2.37. The van der Waals surface area contributed by atoms with E-state index in [1.165, 1.54) is 12.1 Å². The Morgan fingerprint density at radius 1 is 0.938 bits per heavy atom. The van der Waals surface area contributed by atoms with Gasteiger partial charge in [-0.2, -0.15) is 13.2 Å². The summed E-state index contributed by atoms with van der Waals surface area (Å²) < 4.78 is 49.3. The number of alkyl halides is 3. The highest BCUT2D eigenvalue weighted by molar-refractivity contribution is 7.99. The van der Waals surface area contributed by atoms with Crippen molar-refractivity contribution in [3.8, 4) is 16.9 Å². The van der Waals surface area contributed by atoms with Crippen molar-refractivity contribution < 1.29 is 27.8 Å². The van der Waals surface area contributed by atoms with Crippen LogP contribution in [0.5, 0.6) is 5.75 Å². The van der Waals surface area contributed by atoms with Crippen LogP contribution in [-0.4, -0.2) is 29.9 Å². The number of nitrogens with zero attached hydrogens (tertiary/aromatic N) is 1. The van der Waals surface area contributed by atoms with Crippen LogP contribution in [0.3, 0.4) is 0 Å². The van der Waals surface area contributed by atoms with Gasteiger partial charge in [-0.1, -0.05) is 36.0 Å². The Bertz CT molecular complexity index is 1100. The quantitative estimate of drug-likeness (QED) is 0.488. The Kier molecular flexibility index (Phi) is 6.17. The molecule has 0 amide bonds. The van der Waals surface area contributed by atoms with E-state index in [1.807, 2.05) is 36.4 Å². The topological polar surface area (TPSA) is 51.1 Å². The molecule has 4 nitrogen and oxygen atoms in total. The first-order valence-corrected chi connectivity index (χ1v) is 10.6. The summed E-state index contributed by atoms with van der Waals surface area (Å²) in [4.78, 5) is 6.21. The van der Waals surface area contributed by atoms with Gasteiger partial charge in [0.05, 0.1) is 5.56 Å². The number of aliphatic imine (C=N–C) groups is 1. The van der Waals surface area contributed by atoms with Crippen LogP contribution in [0.15, 0.2) is 87.6 Å². The van der Waals surface area contributed by atoms with Crippen molar-refractivity contribution >= 4 is 17.7 Å². The number of hydrogen-bond acceptors (Lipinski definition) is 5. The summed E-state index contributed by atoms with van der Waals surface area (Å²) in [5.41, 5.74) is -0.195.